The van der Waals surface area contributed by atoms with Crippen LogP contribution in [0, 0.1) is 0 Å². The van der Waals surface area contributed by atoms with Gasteiger partial charge in [-0.25, -0.2) is 9.59 Å². The second-order valence-corrected chi connectivity index (χ2v) is 7.27. The zero-order valence-corrected chi connectivity index (χ0v) is 15.7. The number of amides is 3. The van der Waals surface area contributed by atoms with E-state index in [0.717, 1.165) is 4.90 Å². The number of carbonyl (C=O) groups is 4. The minimum absolute atomic E-state index is 0.0720. The molecular formula is C21H18N2O7. The van der Waals surface area contributed by atoms with Gasteiger partial charge >= 0.3 is 12.1 Å². The van der Waals surface area contributed by atoms with Gasteiger partial charge in [0.2, 0.25) is 0 Å². The lowest BCUT2D eigenvalue weighted by Gasteiger charge is -2.32. The summed E-state index contributed by atoms with van der Waals surface area (Å²) in [4.78, 5) is 55.5. The van der Waals surface area contributed by atoms with E-state index in [1.165, 1.54) is 12.1 Å². The first-order chi connectivity index (χ1) is 14.3. The summed E-state index contributed by atoms with van der Waals surface area (Å²) in [6.07, 6.45) is -2.68. The molecule has 0 aromatic heterocycles. The van der Waals surface area contributed by atoms with Crippen LogP contribution in [-0.4, -0.2) is 62.2 Å². The number of fused-ring (bicyclic) bond motifs is 1. The van der Waals surface area contributed by atoms with Crippen LogP contribution in [0.2, 0.25) is 0 Å². The number of carboxylic acid groups (broad SMARTS) is 2. The molecule has 154 valence electrons. The Morgan fingerprint density at radius 3 is 2.07 bits per heavy atom. The summed E-state index contributed by atoms with van der Waals surface area (Å²) < 4.78 is 0. The smallest absolute Gasteiger partial charge is 0.408 e. The van der Waals surface area contributed by atoms with Crippen molar-refractivity contribution in [1.82, 2.24) is 9.96 Å². The van der Waals surface area contributed by atoms with Crippen LogP contribution < -0.4 is 0 Å². The van der Waals surface area contributed by atoms with Crippen molar-refractivity contribution >= 4 is 23.9 Å². The molecule has 0 unspecified atom stereocenters. The molecule has 0 bridgehead atoms. The maximum Gasteiger partial charge on any atom is 0.408 e. The number of carboxylic acids is 1. The van der Waals surface area contributed by atoms with Crippen LogP contribution in [0.15, 0.2) is 54.6 Å². The van der Waals surface area contributed by atoms with E-state index in [4.69, 9.17) is 4.84 Å². The normalized spacial score (nSPS) is 23.0. The highest BCUT2D eigenvalue weighted by Crippen LogP contribution is 2.36. The SMILES string of the molecule is O=C1c2ccccc2C(=O)N1O[C@H]1CN(C(=O)O)[C@](Cc2ccccc2)(C(=O)O)C1. The van der Waals surface area contributed by atoms with Gasteiger partial charge in [0.05, 0.1) is 17.7 Å². The van der Waals surface area contributed by atoms with Crippen molar-refractivity contribution in [2.45, 2.75) is 24.5 Å². The maximum absolute atomic E-state index is 12.5. The Kier molecular flexibility index (Phi) is 4.75. The fraction of sp³-hybridized carbons (Fsp3) is 0.238. The van der Waals surface area contributed by atoms with Crippen LogP contribution in [0.4, 0.5) is 4.79 Å². The molecule has 9 heteroatoms. The quantitative estimate of drug-likeness (QED) is 0.723. The lowest BCUT2D eigenvalue weighted by atomic mass is 9.88. The predicted molar refractivity (Wildman–Crippen MR) is 102 cm³/mol. The molecule has 9 nitrogen and oxygen atoms in total. The van der Waals surface area contributed by atoms with Crippen LogP contribution in [0.5, 0.6) is 0 Å². The third-order valence-corrected chi connectivity index (χ3v) is 5.45. The number of hydrogen-bond donors (Lipinski definition) is 2. The molecule has 1 fully saturated rings. The summed E-state index contributed by atoms with van der Waals surface area (Å²) in [6.45, 7) is -0.290. The molecule has 0 radical (unpaired) electrons. The maximum atomic E-state index is 12.5. The van der Waals surface area contributed by atoms with E-state index in [9.17, 15) is 29.4 Å². The first-order valence-electron chi connectivity index (χ1n) is 9.26. The van der Waals surface area contributed by atoms with E-state index < -0.39 is 35.5 Å². The molecule has 2 aliphatic rings. The van der Waals surface area contributed by atoms with Crippen LogP contribution in [-0.2, 0) is 16.1 Å². The molecule has 0 saturated carbocycles. The number of aliphatic carboxylic acids is 1. The minimum atomic E-state index is -1.78. The zero-order chi connectivity index (χ0) is 21.5. The van der Waals surface area contributed by atoms with Crippen molar-refractivity contribution in [3.63, 3.8) is 0 Å². The van der Waals surface area contributed by atoms with Crippen molar-refractivity contribution in [2.75, 3.05) is 6.54 Å². The summed E-state index contributed by atoms with van der Waals surface area (Å²) >= 11 is 0. The van der Waals surface area contributed by atoms with E-state index >= 15 is 0 Å². The molecule has 2 N–H and O–H groups in total. The number of carbonyl (C=O) groups excluding carboxylic acids is 2. The Hall–Kier alpha value is -3.72. The van der Waals surface area contributed by atoms with Crippen LogP contribution in [0.3, 0.4) is 0 Å². The fourth-order valence-electron chi connectivity index (χ4n) is 4.05. The van der Waals surface area contributed by atoms with E-state index in [-0.39, 0.29) is 30.5 Å². The monoisotopic (exact) mass is 410 g/mol. The summed E-state index contributed by atoms with van der Waals surface area (Å²) in [5.41, 5.74) is -0.766. The van der Waals surface area contributed by atoms with Gasteiger partial charge in [-0.3, -0.25) is 19.3 Å². The van der Waals surface area contributed by atoms with Crippen LogP contribution >= 0.6 is 0 Å². The number of likely N-dealkylation sites (tertiary alicyclic amines) is 1. The summed E-state index contributed by atoms with van der Waals surface area (Å²) in [5.74, 6) is -2.64. The first-order valence-corrected chi connectivity index (χ1v) is 9.26. The molecule has 0 aliphatic carbocycles. The molecule has 1 saturated heterocycles. The Morgan fingerprint density at radius 1 is 0.967 bits per heavy atom. The van der Waals surface area contributed by atoms with Crippen molar-refractivity contribution < 1.29 is 34.2 Å². The van der Waals surface area contributed by atoms with E-state index in [2.05, 4.69) is 0 Å². The van der Waals surface area contributed by atoms with Gasteiger partial charge in [-0.05, 0) is 17.7 Å². The van der Waals surface area contributed by atoms with Gasteiger partial charge in [0.15, 0.2) is 0 Å². The van der Waals surface area contributed by atoms with E-state index in [1.54, 1.807) is 42.5 Å². The van der Waals surface area contributed by atoms with Crippen molar-refractivity contribution in [1.29, 1.82) is 0 Å². The third kappa shape index (κ3) is 3.09. The van der Waals surface area contributed by atoms with Gasteiger partial charge in [-0.15, -0.1) is 5.06 Å². The second-order valence-electron chi connectivity index (χ2n) is 7.27. The number of nitrogens with zero attached hydrogens (tertiary/aromatic N) is 2. The van der Waals surface area contributed by atoms with Gasteiger partial charge in [0.25, 0.3) is 11.8 Å². The zero-order valence-electron chi connectivity index (χ0n) is 15.7. The Bertz CT molecular complexity index is 1000. The van der Waals surface area contributed by atoms with Gasteiger partial charge < -0.3 is 10.2 Å². The molecular weight excluding hydrogens is 392 g/mol. The standard InChI is InChI=1S/C21H18N2O7/c24-17-15-8-4-5-9-16(15)18(25)23(17)30-14-11-21(19(26)27,22(12-14)20(28)29)10-13-6-2-1-3-7-13/h1-9,14H,10-12H2,(H,26,27)(H,28,29)/t14-,21+/m1/s1. The molecule has 2 aliphatic heterocycles. The minimum Gasteiger partial charge on any atom is -0.479 e. The molecule has 3 amide bonds. The highest BCUT2D eigenvalue weighted by atomic mass is 16.7. The molecule has 2 heterocycles. The second kappa shape index (κ2) is 7.27. The van der Waals surface area contributed by atoms with Crippen LogP contribution in [0.1, 0.15) is 32.7 Å². The lowest BCUT2D eigenvalue weighted by molar-refractivity contribution is -0.150. The van der Waals surface area contributed by atoms with Crippen molar-refractivity contribution in [3.05, 3.63) is 71.3 Å². The molecule has 2 aromatic carbocycles. The van der Waals surface area contributed by atoms with Gasteiger partial charge in [-0.2, -0.15) is 0 Å². The molecule has 2 aromatic rings. The van der Waals surface area contributed by atoms with Gasteiger partial charge in [-0.1, -0.05) is 42.5 Å². The first kappa shape index (κ1) is 19.6. The third-order valence-electron chi connectivity index (χ3n) is 5.45. The molecule has 2 atom stereocenters. The van der Waals surface area contributed by atoms with E-state index in [0.29, 0.717) is 10.6 Å². The Morgan fingerprint density at radius 2 is 1.53 bits per heavy atom. The summed E-state index contributed by atoms with van der Waals surface area (Å²) in [6, 6.07) is 14.9. The van der Waals surface area contributed by atoms with Crippen molar-refractivity contribution in [2.24, 2.45) is 0 Å². The number of imide groups is 1. The number of hydrogen-bond acceptors (Lipinski definition) is 5. The Labute approximate surface area is 171 Å². The van der Waals surface area contributed by atoms with E-state index in [1.807, 2.05) is 0 Å². The fourth-order valence-corrected chi connectivity index (χ4v) is 4.05. The van der Waals surface area contributed by atoms with Gasteiger partial charge in [0, 0.05) is 12.8 Å². The highest BCUT2D eigenvalue weighted by molar-refractivity contribution is 6.20. The van der Waals surface area contributed by atoms with Crippen molar-refractivity contribution in [3.8, 4) is 0 Å². The van der Waals surface area contributed by atoms with Gasteiger partial charge in [0.1, 0.15) is 11.6 Å². The number of benzene rings is 2. The topological polar surface area (TPSA) is 124 Å². The molecule has 4 rings (SSSR count). The molecule has 30 heavy (non-hydrogen) atoms. The largest absolute Gasteiger partial charge is 0.479 e. The van der Waals surface area contributed by atoms with Crippen LogP contribution in [0.25, 0.3) is 0 Å². The number of hydroxylamine groups is 2. The Balaban J connectivity index is 1.61. The average molecular weight is 410 g/mol. The summed E-state index contributed by atoms with van der Waals surface area (Å²) in [5, 5.41) is 20.2. The average Bonchev–Trinajstić information content (AvgIpc) is 3.21. The lowest BCUT2D eigenvalue weighted by Crippen LogP contribution is -2.54. The molecule has 0 spiro atoms. The number of rotatable bonds is 5. The highest BCUT2D eigenvalue weighted by Gasteiger charge is 2.55. The summed E-state index contributed by atoms with van der Waals surface area (Å²) in [7, 11) is 0. The predicted octanol–water partition coefficient (Wildman–Crippen LogP) is 2.03.